The molecule has 0 aliphatic carbocycles. The molecule has 1 heterocycles. The van der Waals surface area contributed by atoms with Gasteiger partial charge in [0.1, 0.15) is 11.5 Å². The number of aliphatic hydroxyl groups is 1. The zero-order chi connectivity index (χ0) is 21.3. The average molecular weight is 466 g/mol. The second-order valence-corrected chi connectivity index (χ2v) is 7.73. The molecule has 152 valence electrons. The molecule has 0 saturated heterocycles. The Hall–Kier alpha value is -3.25. The van der Waals surface area contributed by atoms with E-state index in [-0.39, 0.29) is 5.76 Å². The molecule has 0 radical (unpaired) electrons. The standard InChI is InChI=1S/C24H20BrNO4/c1-29-19-11-5-15(6-12-19)21-22(16-3-7-17(25)8-4-16)26(24(28)23(21)27)18-9-13-20(30-2)14-10-18/h3-14,22,27H,1-2H3/t22-/m0/s1. The van der Waals surface area contributed by atoms with Gasteiger partial charge in [0.05, 0.1) is 20.3 Å². The maximum absolute atomic E-state index is 13.2. The van der Waals surface area contributed by atoms with E-state index in [1.807, 2.05) is 60.7 Å². The van der Waals surface area contributed by atoms with Gasteiger partial charge in [0.25, 0.3) is 5.91 Å². The number of ether oxygens (including phenoxy) is 2. The molecular formula is C24H20BrNO4. The molecule has 5 nitrogen and oxygen atoms in total. The number of carbonyl (C=O) groups is 1. The van der Waals surface area contributed by atoms with E-state index in [1.165, 1.54) is 0 Å². The van der Waals surface area contributed by atoms with Crippen molar-refractivity contribution in [3.05, 3.63) is 94.2 Å². The molecule has 3 aromatic carbocycles. The fourth-order valence-corrected chi connectivity index (χ4v) is 3.90. The van der Waals surface area contributed by atoms with Crippen LogP contribution in [0.4, 0.5) is 5.69 Å². The number of hydrogen-bond donors (Lipinski definition) is 1. The van der Waals surface area contributed by atoms with Crippen LogP contribution < -0.4 is 14.4 Å². The van der Waals surface area contributed by atoms with Gasteiger partial charge in [0.15, 0.2) is 5.76 Å². The van der Waals surface area contributed by atoms with Gasteiger partial charge in [0, 0.05) is 15.7 Å². The van der Waals surface area contributed by atoms with Gasteiger partial charge in [-0.25, -0.2) is 0 Å². The Morgan fingerprint density at radius 3 is 1.90 bits per heavy atom. The Balaban J connectivity index is 1.85. The largest absolute Gasteiger partial charge is 0.503 e. The normalized spacial score (nSPS) is 16.2. The Kier molecular flexibility index (Phi) is 5.50. The van der Waals surface area contributed by atoms with Gasteiger partial charge >= 0.3 is 0 Å². The Morgan fingerprint density at radius 2 is 1.37 bits per heavy atom. The average Bonchev–Trinajstić information content (AvgIpc) is 3.05. The molecule has 1 aliphatic rings. The van der Waals surface area contributed by atoms with Crippen LogP contribution in [0.3, 0.4) is 0 Å². The molecule has 0 fully saturated rings. The highest BCUT2D eigenvalue weighted by Crippen LogP contribution is 2.45. The second kappa shape index (κ2) is 8.24. The summed E-state index contributed by atoms with van der Waals surface area (Å²) in [6.45, 7) is 0. The van der Waals surface area contributed by atoms with Gasteiger partial charge in [-0.3, -0.25) is 9.69 Å². The van der Waals surface area contributed by atoms with Gasteiger partial charge in [-0.1, -0.05) is 40.2 Å². The van der Waals surface area contributed by atoms with Crippen LogP contribution in [0.15, 0.2) is 83.0 Å². The topological polar surface area (TPSA) is 59.0 Å². The summed E-state index contributed by atoms with van der Waals surface area (Å²) in [5.74, 6) is 0.691. The monoisotopic (exact) mass is 465 g/mol. The summed E-state index contributed by atoms with van der Waals surface area (Å²) in [7, 11) is 3.19. The molecule has 1 aliphatic heterocycles. The Morgan fingerprint density at radius 1 is 0.833 bits per heavy atom. The lowest BCUT2D eigenvalue weighted by Crippen LogP contribution is -2.30. The van der Waals surface area contributed by atoms with E-state index >= 15 is 0 Å². The van der Waals surface area contributed by atoms with E-state index in [2.05, 4.69) is 15.9 Å². The zero-order valence-corrected chi connectivity index (χ0v) is 18.1. The lowest BCUT2D eigenvalue weighted by atomic mass is 9.93. The lowest BCUT2D eigenvalue weighted by molar-refractivity contribution is -0.117. The first-order valence-electron chi connectivity index (χ1n) is 9.34. The summed E-state index contributed by atoms with van der Waals surface area (Å²) in [6.07, 6.45) is 0. The van der Waals surface area contributed by atoms with E-state index in [0.29, 0.717) is 22.8 Å². The van der Waals surface area contributed by atoms with Crippen LogP contribution in [0.1, 0.15) is 17.2 Å². The van der Waals surface area contributed by atoms with Crippen LogP contribution in [-0.2, 0) is 4.79 Å². The van der Waals surface area contributed by atoms with E-state index in [1.54, 1.807) is 31.3 Å². The van der Waals surface area contributed by atoms with E-state index in [0.717, 1.165) is 15.6 Å². The maximum atomic E-state index is 13.2. The quantitative estimate of drug-likeness (QED) is 0.538. The van der Waals surface area contributed by atoms with Crippen molar-refractivity contribution < 1.29 is 19.4 Å². The number of anilines is 1. The smallest absolute Gasteiger partial charge is 0.294 e. The van der Waals surface area contributed by atoms with Gasteiger partial charge in [-0.05, 0) is 59.7 Å². The zero-order valence-electron chi connectivity index (χ0n) is 16.5. The van der Waals surface area contributed by atoms with Crippen LogP contribution in [-0.4, -0.2) is 25.2 Å². The molecular weight excluding hydrogens is 446 g/mol. The molecule has 0 bridgehead atoms. The number of halogens is 1. The number of hydrogen-bond acceptors (Lipinski definition) is 4. The first-order valence-corrected chi connectivity index (χ1v) is 10.1. The second-order valence-electron chi connectivity index (χ2n) is 6.82. The summed E-state index contributed by atoms with van der Waals surface area (Å²) in [5, 5.41) is 10.9. The maximum Gasteiger partial charge on any atom is 0.294 e. The third-order valence-corrected chi connectivity index (χ3v) is 5.67. The number of aliphatic hydroxyl groups excluding tert-OH is 1. The highest BCUT2D eigenvalue weighted by molar-refractivity contribution is 9.10. The van der Waals surface area contributed by atoms with Crippen LogP contribution in [0.25, 0.3) is 5.57 Å². The fraction of sp³-hybridized carbons (Fsp3) is 0.125. The molecule has 0 spiro atoms. The highest BCUT2D eigenvalue weighted by atomic mass is 79.9. The van der Waals surface area contributed by atoms with Crippen LogP contribution in [0.5, 0.6) is 11.5 Å². The van der Waals surface area contributed by atoms with Gasteiger partial charge in [-0.2, -0.15) is 0 Å². The summed E-state index contributed by atoms with van der Waals surface area (Å²) in [4.78, 5) is 14.8. The first kappa shape index (κ1) is 20.0. The minimum Gasteiger partial charge on any atom is -0.503 e. The molecule has 6 heteroatoms. The van der Waals surface area contributed by atoms with Crippen LogP contribution >= 0.6 is 15.9 Å². The van der Waals surface area contributed by atoms with Gasteiger partial charge < -0.3 is 14.6 Å². The van der Waals surface area contributed by atoms with Gasteiger partial charge in [0.2, 0.25) is 0 Å². The molecule has 1 atom stereocenters. The predicted molar refractivity (Wildman–Crippen MR) is 120 cm³/mol. The lowest BCUT2D eigenvalue weighted by Gasteiger charge is -2.27. The third kappa shape index (κ3) is 3.55. The van der Waals surface area contributed by atoms with Crippen molar-refractivity contribution in [3.8, 4) is 11.5 Å². The summed E-state index contributed by atoms with van der Waals surface area (Å²) >= 11 is 3.46. The minimum absolute atomic E-state index is 0.260. The number of benzene rings is 3. The molecule has 3 aromatic rings. The fourth-order valence-electron chi connectivity index (χ4n) is 3.64. The van der Waals surface area contributed by atoms with Crippen LogP contribution in [0.2, 0.25) is 0 Å². The van der Waals surface area contributed by atoms with Crippen molar-refractivity contribution in [3.63, 3.8) is 0 Å². The number of amides is 1. The molecule has 1 N–H and O–H groups in total. The number of carbonyl (C=O) groups excluding carboxylic acids is 1. The van der Waals surface area contributed by atoms with Crippen molar-refractivity contribution in [2.75, 3.05) is 19.1 Å². The molecule has 30 heavy (non-hydrogen) atoms. The SMILES string of the molecule is COc1ccc(C2=C(O)C(=O)N(c3ccc(OC)cc3)[C@H]2c2ccc(Br)cc2)cc1. The molecule has 1 amide bonds. The molecule has 0 aromatic heterocycles. The third-order valence-electron chi connectivity index (χ3n) is 5.15. The van der Waals surface area contributed by atoms with Crippen molar-refractivity contribution in [1.82, 2.24) is 0 Å². The Bertz CT molecular complexity index is 1090. The Labute approximate surface area is 183 Å². The summed E-state index contributed by atoms with van der Waals surface area (Å²) in [6, 6.07) is 21.8. The summed E-state index contributed by atoms with van der Waals surface area (Å²) < 4.78 is 11.4. The number of nitrogens with zero attached hydrogens (tertiary/aromatic N) is 1. The van der Waals surface area contributed by atoms with Crippen LogP contribution in [0, 0.1) is 0 Å². The highest BCUT2D eigenvalue weighted by Gasteiger charge is 2.42. The van der Waals surface area contributed by atoms with E-state index in [9.17, 15) is 9.90 Å². The van der Waals surface area contributed by atoms with Crippen molar-refractivity contribution in [1.29, 1.82) is 0 Å². The van der Waals surface area contributed by atoms with Crippen molar-refractivity contribution >= 4 is 33.1 Å². The van der Waals surface area contributed by atoms with Gasteiger partial charge in [-0.15, -0.1) is 0 Å². The van der Waals surface area contributed by atoms with E-state index in [4.69, 9.17) is 9.47 Å². The number of methoxy groups -OCH3 is 2. The first-order chi connectivity index (χ1) is 14.5. The van der Waals surface area contributed by atoms with E-state index < -0.39 is 11.9 Å². The molecule has 0 saturated carbocycles. The van der Waals surface area contributed by atoms with Crippen molar-refractivity contribution in [2.24, 2.45) is 0 Å². The molecule has 0 unspecified atom stereocenters. The minimum atomic E-state index is -0.479. The number of rotatable bonds is 5. The molecule has 4 rings (SSSR count). The summed E-state index contributed by atoms with van der Waals surface area (Å²) in [5.41, 5.74) is 2.87. The predicted octanol–water partition coefficient (Wildman–Crippen LogP) is 5.52. The van der Waals surface area contributed by atoms with Crippen molar-refractivity contribution in [2.45, 2.75) is 6.04 Å².